The van der Waals surface area contributed by atoms with E-state index in [1.165, 1.54) is 0 Å². The summed E-state index contributed by atoms with van der Waals surface area (Å²) in [6, 6.07) is 5.58. The number of hydrogen-bond acceptors (Lipinski definition) is 3. The minimum Gasteiger partial charge on any atom is -0.497 e. The van der Waals surface area contributed by atoms with Gasteiger partial charge in [-0.1, -0.05) is 12.2 Å². The molecule has 0 amide bonds. The van der Waals surface area contributed by atoms with Crippen molar-refractivity contribution in [3.63, 3.8) is 0 Å². The van der Waals surface area contributed by atoms with Crippen LogP contribution >= 0.6 is 0 Å². The van der Waals surface area contributed by atoms with Crippen LogP contribution in [0, 0.1) is 5.92 Å². The number of benzene rings is 1. The average molecular weight is 248 g/mol. The van der Waals surface area contributed by atoms with Crippen molar-refractivity contribution >= 4 is 0 Å². The standard InChI is InChI=1S/C15H20O3/c1-17-13-8-12(9-14(10-13)18-2)15(16)11-6-4-3-5-7-11/h3-4,8-11,15-16H,5-7H2,1-2H3. The van der Waals surface area contributed by atoms with Crippen LogP contribution < -0.4 is 9.47 Å². The topological polar surface area (TPSA) is 38.7 Å². The number of hydrogen-bond donors (Lipinski definition) is 1. The SMILES string of the molecule is COc1cc(OC)cc(C(O)C2CC=CCC2)c1. The summed E-state index contributed by atoms with van der Waals surface area (Å²) in [7, 11) is 3.24. The van der Waals surface area contributed by atoms with Crippen LogP contribution in [0.25, 0.3) is 0 Å². The highest BCUT2D eigenvalue weighted by atomic mass is 16.5. The molecule has 0 saturated carbocycles. The molecule has 0 saturated heterocycles. The summed E-state index contributed by atoms with van der Waals surface area (Å²) in [4.78, 5) is 0. The molecule has 1 aliphatic carbocycles. The van der Waals surface area contributed by atoms with Crippen LogP contribution in [0.3, 0.4) is 0 Å². The van der Waals surface area contributed by atoms with Gasteiger partial charge in [0.1, 0.15) is 11.5 Å². The second-order valence-corrected chi connectivity index (χ2v) is 4.64. The number of aliphatic hydroxyl groups excluding tert-OH is 1. The molecule has 0 fully saturated rings. The van der Waals surface area contributed by atoms with Gasteiger partial charge in [0, 0.05) is 6.07 Å². The van der Waals surface area contributed by atoms with Gasteiger partial charge < -0.3 is 14.6 Å². The van der Waals surface area contributed by atoms with Gasteiger partial charge in [0.05, 0.1) is 20.3 Å². The highest BCUT2D eigenvalue weighted by Crippen LogP contribution is 2.35. The monoisotopic (exact) mass is 248 g/mol. The van der Waals surface area contributed by atoms with E-state index in [1.807, 2.05) is 18.2 Å². The van der Waals surface area contributed by atoms with Gasteiger partial charge in [-0.3, -0.25) is 0 Å². The number of ether oxygens (including phenoxy) is 2. The molecule has 0 radical (unpaired) electrons. The molecule has 2 rings (SSSR count). The van der Waals surface area contributed by atoms with Crippen LogP contribution in [0.2, 0.25) is 0 Å². The van der Waals surface area contributed by atoms with E-state index < -0.39 is 6.10 Å². The van der Waals surface area contributed by atoms with Crippen LogP contribution in [-0.2, 0) is 0 Å². The van der Waals surface area contributed by atoms with E-state index >= 15 is 0 Å². The lowest BCUT2D eigenvalue weighted by molar-refractivity contribution is 0.102. The Kier molecular flexibility index (Phi) is 4.26. The van der Waals surface area contributed by atoms with Crippen LogP contribution in [0.15, 0.2) is 30.4 Å². The summed E-state index contributed by atoms with van der Waals surface area (Å²) in [5.41, 5.74) is 0.867. The highest BCUT2D eigenvalue weighted by Gasteiger charge is 2.22. The quantitative estimate of drug-likeness (QED) is 0.832. The molecular formula is C15H20O3. The molecule has 0 heterocycles. The Morgan fingerprint density at radius 2 is 1.78 bits per heavy atom. The summed E-state index contributed by atoms with van der Waals surface area (Å²) in [5.74, 6) is 1.72. The van der Waals surface area contributed by atoms with Gasteiger partial charge in [-0.15, -0.1) is 0 Å². The summed E-state index contributed by atoms with van der Waals surface area (Å²) in [5, 5.41) is 10.4. The Balaban J connectivity index is 2.22. The van der Waals surface area contributed by atoms with E-state index in [4.69, 9.17) is 9.47 Å². The Hall–Kier alpha value is -1.48. The normalized spacial score (nSPS) is 20.5. The first kappa shape index (κ1) is 13.0. The van der Waals surface area contributed by atoms with Crippen LogP contribution in [0.1, 0.15) is 30.9 Å². The Morgan fingerprint density at radius 1 is 1.11 bits per heavy atom. The first-order chi connectivity index (χ1) is 8.74. The van der Waals surface area contributed by atoms with Gasteiger partial charge in [-0.2, -0.15) is 0 Å². The summed E-state index contributed by atoms with van der Waals surface area (Å²) in [6.07, 6.45) is 6.86. The lowest BCUT2D eigenvalue weighted by Gasteiger charge is -2.24. The highest BCUT2D eigenvalue weighted by molar-refractivity contribution is 5.39. The van der Waals surface area contributed by atoms with E-state index in [-0.39, 0.29) is 5.92 Å². The maximum atomic E-state index is 10.4. The zero-order valence-electron chi connectivity index (χ0n) is 10.9. The number of allylic oxidation sites excluding steroid dienone is 2. The van der Waals surface area contributed by atoms with Gasteiger partial charge >= 0.3 is 0 Å². The fraction of sp³-hybridized carbons (Fsp3) is 0.467. The predicted octanol–water partition coefficient (Wildman–Crippen LogP) is 3.09. The van der Waals surface area contributed by atoms with E-state index in [2.05, 4.69) is 12.2 Å². The third-order valence-electron chi connectivity index (χ3n) is 3.47. The van der Waals surface area contributed by atoms with E-state index in [9.17, 15) is 5.11 Å². The minimum atomic E-state index is -0.459. The molecule has 98 valence electrons. The lowest BCUT2D eigenvalue weighted by atomic mass is 9.86. The summed E-state index contributed by atoms with van der Waals surface area (Å²) in [6.45, 7) is 0. The third-order valence-corrected chi connectivity index (χ3v) is 3.47. The third kappa shape index (κ3) is 2.85. The molecule has 0 aliphatic heterocycles. The van der Waals surface area contributed by atoms with Crippen molar-refractivity contribution < 1.29 is 14.6 Å². The molecule has 1 aromatic carbocycles. The van der Waals surface area contributed by atoms with Crippen LogP contribution in [0.5, 0.6) is 11.5 Å². The molecule has 0 aromatic heterocycles. The fourth-order valence-corrected chi connectivity index (χ4v) is 2.38. The van der Waals surface area contributed by atoms with Crippen molar-refractivity contribution in [1.82, 2.24) is 0 Å². The van der Waals surface area contributed by atoms with Crippen molar-refractivity contribution in [2.24, 2.45) is 5.92 Å². The molecule has 1 aromatic rings. The number of methoxy groups -OCH3 is 2. The molecule has 1 N–H and O–H groups in total. The Labute approximate surface area is 108 Å². The van der Waals surface area contributed by atoms with Crippen molar-refractivity contribution in [2.45, 2.75) is 25.4 Å². The largest absolute Gasteiger partial charge is 0.497 e. The van der Waals surface area contributed by atoms with Gasteiger partial charge in [-0.25, -0.2) is 0 Å². The van der Waals surface area contributed by atoms with Crippen molar-refractivity contribution in [1.29, 1.82) is 0 Å². The van der Waals surface area contributed by atoms with Crippen molar-refractivity contribution in [3.8, 4) is 11.5 Å². The molecular weight excluding hydrogens is 228 g/mol. The zero-order valence-corrected chi connectivity index (χ0v) is 10.9. The second-order valence-electron chi connectivity index (χ2n) is 4.64. The first-order valence-corrected chi connectivity index (χ1v) is 6.30. The molecule has 0 bridgehead atoms. The first-order valence-electron chi connectivity index (χ1n) is 6.30. The molecule has 3 heteroatoms. The predicted molar refractivity (Wildman–Crippen MR) is 71.0 cm³/mol. The smallest absolute Gasteiger partial charge is 0.122 e. The van der Waals surface area contributed by atoms with Crippen LogP contribution in [-0.4, -0.2) is 19.3 Å². The van der Waals surface area contributed by atoms with Gasteiger partial charge in [-0.05, 0) is 42.9 Å². The maximum Gasteiger partial charge on any atom is 0.122 e. The van der Waals surface area contributed by atoms with E-state index in [0.717, 1.165) is 36.3 Å². The summed E-state index contributed by atoms with van der Waals surface area (Å²) < 4.78 is 10.5. The zero-order chi connectivity index (χ0) is 13.0. The van der Waals surface area contributed by atoms with E-state index in [1.54, 1.807) is 14.2 Å². The van der Waals surface area contributed by atoms with Crippen molar-refractivity contribution in [2.75, 3.05) is 14.2 Å². The van der Waals surface area contributed by atoms with Crippen molar-refractivity contribution in [3.05, 3.63) is 35.9 Å². The van der Waals surface area contributed by atoms with E-state index in [0.29, 0.717) is 0 Å². The number of aliphatic hydroxyl groups is 1. The molecule has 3 nitrogen and oxygen atoms in total. The maximum absolute atomic E-state index is 10.4. The second kappa shape index (κ2) is 5.91. The molecule has 2 atom stereocenters. The molecule has 0 spiro atoms. The molecule has 2 unspecified atom stereocenters. The molecule has 18 heavy (non-hydrogen) atoms. The average Bonchev–Trinajstić information content (AvgIpc) is 2.46. The summed E-state index contributed by atoms with van der Waals surface area (Å²) >= 11 is 0. The number of rotatable bonds is 4. The van der Waals surface area contributed by atoms with Gasteiger partial charge in [0.15, 0.2) is 0 Å². The lowest BCUT2D eigenvalue weighted by Crippen LogP contribution is -2.14. The van der Waals surface area contributed by atoms with Gasteiger partial charge in [0.25, 0.3) is 0 Å². The van der Waals surface area contributed by atoms with Crippen LogP contribution in [0.4, 0.5) is 0 Å². The van der Waals surface area contributed by atoms with Gasteiger partial charge in [0.2, 0.25) is 0 Å². The Morgan fingerprint density at radius 3 is 2.28 bits per heavy atom. The Bertz CT molecular complexity index is 403. The molecule has 1 aliphatic rings. The minimum absolute atomic E-state index is 0.284. The fourth-order valence-electron chi connectivity index (χ4n) is 2.38.